The number of barbiturate groups is 1. The number of urea groups is 1. The number of carbonyl (C=O) groups is 4. The van der Waals surface area contributed by atoms with E-state index in [2.05, 4.69) is 10.6 Å². The third kappa shape index (κ3) is 5.60. The second kappa shape index (κ2) is 10.9. The molecular formula is C29H26ClN3O5. The van der Waals surface area contributed by atoms with Crippen LogP contribution in [0.15, 0.2) is 60.2 Å². The van der Waals surface area contributed by atoms with Crippen LogP contribution in [0.2, 0.25) is 5.02 Å². The summed E-state index contributed by atoms with van der Waals surface area (Å²) >= 11 is 6.35. The minimum Gasteiger partial charge on any atom is -0.482 e. The van der Waals surface area contributed by atoms with Gasteiger partial charge in [-0.1, -0.05) is 35.9 Å². The first-order valence-corrected chi connectivity index (χ1v) is 12.2. The fourth-order valence-corrected chi connectivity index (χ4v) is 4.11. The van der Waals surface area contributed by atoms with Gasteiger partial charge >= 0.3 is 6.03 Å². The second-order valence-electron chi connectivity index (χ2n) is 9.00. The van der Waals surface area contributed by atoms with Gasteiger partial charge in [0.15, 0.2) is 6.61 Å². The molecule has 3 aromatic carbocycles. The molecule has 1 aliphatic rings. The molecule has 2 N–H and O–H groups in total. The highest BCUT2D eigenvalue weighted by atomic mass is 35.5. The van der Waals surface area contributed by atoms with Crippen LogP contribution in [0.3, 0.4) is 0 Å². The number of carbonyl (C=O) groups excluding carboxylic acids is 4. The summed E-state index contributed by atoms with van der Waals surface area (Å²) in [4.78, 5) is 51.4. The van der Waals surface area contributed by atoms with E-state index >= 15 is 0 Å². The largest absolute Gasteiger partial charge is 0.482 e. The number of aryl methyl sites for hydroxylation is 3. The smallest absolute Gasteiger partial charge is 0.335 e. The first kappa shape index (κ1) is 26.6. The Labute approximate surface area is 225 Å². The molecule has 1 fully saturated rings. The molecule has 3 aromatic rings. The summed E-state index contributed by atoms with van der Waals surface area (Å²) in [7, 11) is 0. The zero-order valence-corrected chi connectivity index (χ0v) is 22.1. The van der Waals surface area contributed by atoms with E-state index in [9.17, 15) is 19.2 Å². The van der Waals surface area contributed by atoms with Crippen LogP contribution in [0.5, 0.6) is 5.75 Å². The topological polar surface area (TPSA) is 105 Å². The van der Waals surface area contributed by atoms with Crippen molar-refractivity contribution in [1.29, 1.82) is 0 Å². The van der Waals surface area contributed by atoms with Crippen molar-refractivity contribution >= 4 is 52.8 Å². The number of ether oxygens (including phenoxy) is 1. The number of nitrogens with zero attached hydrogens (tertiary/aromatic N) is 1. The van der Waals surface area contributed by atoms with Gasteiger partial charge in [-0.25, -0.2) is 9.69 Å². The van der Waals surface area contributed by atoms with Crippen LogP contribution in [0.4, 0.5) is 16.2 Å². The van der Waals surface area contributed by atoms with Crippen molar-refractivity contribution in [3.8, 4) is 5.75 Å². The highest BCUT2D eigenvalue weighted by Crippen LogP contribution is 2.28. The molecule has 0 radical (unpaired) electrons. The molecule has 0 atom stereocenters. The molecule has 9 heteroatoms. The molecule has 38 heavy (non-hydrogen) atoms. The van der Waals surface area contributed by atoms with E-state index in [0.29, 0.717) is 16.9 Å². The van der Waals surface area contributed by atoms with Crippen LogP contribution >= 0.6 is 11.6 Å². The fraction of sp³-hybridized carbons (Fsp3) is 0.172. The average Bonchev–Trinajstić information content (AvgIpc) is 2.86. The Morgan fingerprint density at radius 3 is 2.45 bits per heavy atom. The van der Waals surface area contributed by atoms with Crippen molar-refractivity contribution in [3.63, 3.8) is 0 Å². The predicted molar refractivity (Wildman–Crippen MR) is 146 cm³/mol. The lowest BCUT2D eigenvalue weighted by molar-refractivity contribution is -0.122. The molecular weight excluding hydrogens is 506 g/mol. The van der Waals surface area contributed by atoms with E-state index in [-0.39, 0.29) is 28.9 Å². The quantitative estimate of drug-likeness (QED) is 0.333. The van der Waals surface area contributed by atoms with E-state index in [1.54, 1.807) is 24.3 Å². The van der Waals surface area contributed by atoms with E-state index in [1.807, 2.05) is 45.9 Å². The van der Waals surface area contributed by atoms with Gasteiger partial charge in [0.05, 0.1) is 10.7 Å². The van der Waals surface area contributed by atoms with Crippen LogP contribution in [0, 0.1) is 27.7 Å². The van der Waals surface area contributed by atoms with Gasteiger partial charge < -0.3 is 10.1 Å². The molecule has 1 aliphatic heterocycles. The Morgan fingerprint density at radius 2 is 1.74 bits per heavy atom. The van der Waals surface area contributed by atoms with E-state index < -0.39 is 17.8 Å². The van der Waals surface area contributed by atoms with Crippen molar-refractivity contribution in [2.24, 2.45) is 0 Å². The van der Waals surface area contributed by atoms with Crippen molar-refractivity contribution in [1.82, 2.24) is 5.32 Å². The monoisotopic (exact) mass is 531 g/mol. The van der Waals surface area contributed by atoms with Gasteiger partial charge in [0, 0.05) is 5.69 Å². The maximum absolute atomic E-state index is 13.1. The van der Waals surface area contributed by atoms with Crippen molar-refractivity contribution < 1.29 is 23.9 Å². The van der Waals surface area contributed by atoms with E-state index in [4.69, 9.17) is 16.3 Å². The van der Waals surface area contributed by atoms with E-state index in [0.717, 1.165) is 27.2 Å². The summed E-state index contributed by atoms with van der Waals surface area (Å²) in [5.41, 5.74) is 5.21. The molecule has 5 amide bonds. The Bertz CT molecular complexity index is 1510. The van der Waals surface area contributed by atoms with Crippen LogP contribution in [0.25, 0.3) is 6.08 Å². The van der Waals surface area contributed by atoms with Crippen LogP contribution < -0.4 is 20.3 Å². The highest BCUT2D eigenvalue weighted by Gasteiger charge is 2.36. The van der Waals surface area contributed by atoms with Gasteiger partial charge in [0.2, 0.25) is 0 Å². The number of hydrogen-bond acceptors (Lipinski definition) is 5. The molecule has 0 aliphatic carbocycles. The zero-order chi connectivity index (χ0) is 27.6. The second-order valence-corrected chi connectivity index (χ2v) is 9.41. The summed E-state index contributed by atoms with van der Waals surface area (Å²) in [6, 6.07) is 14.6. The number of benzene rings is 3. The summed E-state index contributed by atoms with van der Waals surface area (Å²) in [6.07, 6.45) is 1.35. The molecule has 194 valence electrons. The van der Waals surface area contributed by atoms with Crippen LogP contribution in [-0.2, 0) is 14.4 Å². The van der Waals surface area contributed by atoms with Crippen molar-refractivity contribution in [3.05, 3.63) is 93.0 Å². The maximum Gasteiger partial charge on any atom is 0.335 e. The molecule has 0 bridgehead atoms. The van der Waals surface area contributed by atoms with Crippen molar-refractivity contribution in [2.75, 3.05) is 16.8 Å². The molecule has 0 spiro atoms. The summed E-state index contributed by atoms with van der Waals surface area (Å²) < 4.78 is 5.57. The normalized spacial score (nSPS) is 14.5. The third-order valence-electron chi connectivity index (χ3n) is 6.35. The lowest BCUT2D eigenvalue weighted by Gasteiger charge is -2.26. The van der Waals surface area contributed by atoms with Gasteiger partial charge in [-0.3, -0.25) is 19.7 Å². The summed E-state index contributed by atoms with van der Waals surface area (Å²) in [5.74, 6) is -1.64. The minimum atomic E-state index is -0.818. The molecule has 4 rings (SSSR count). The van der Waals surface area contributed by atoms with Gasteiger partial charge in [0.25, 0.3) is 17.7 Å². The number of amides is 5. The number of hydrogen-bond donors (Lipinski definition) is 2. The molecule has 0 saturated carbocycles. The Morgan fingerprint density at radius 1 is 0.974 bits per heavy atom. The predicted octanol–water partition coefficient (Wildman–Crippen LogP) is 5.26. The number of imide groups is 2. The van der Waals surface area contributed by atoms with Gasteiger partial charge in [-0.15, -0.1) is 0 Å². The summed E-state index contributed by atoms with van der Waals surface area (Å²) in [5, 5.41) is 5.20. The lowest BCUT2D eigenvalue weighted by atomic mass is 10.0. The third-order valence-corrected chi connectivity index (χ3v) is 6.65. The molecule has 1 saturated heterocycles. The number of halogens is 1. The minimum absolute atomic E-state index is 0.185. The maximum atomic E-state index is 13.1. The number of nitrogens with one attached hydrogen (secondary N) is 2. The number of rotatable bonds is 6. The fourth-order valence-electron chi connectivity index (χ4n) is 3.86. The molecule has 0 unspecified atom stereocenters. The Kier molecular flexibility index (Phi) is 7.64. The molecule has 0 aromatic heterocycles. The Hall–Kier alpha value is -4.43. The lowest BCUT2D eigenvalue weighted by Crippen LogP contribution is -2.54. The van der Waals surface area contributed by atoms with E-state index in [1.165, 1.54) is 18.2 Å². The van der Waals surface area contributed by atoms with Crippen molar-refractivity contribution in [2.45, 2.75) is 27.7 Å². The Balaban J connectivity index is 1.49. The highest BCUT2D eigenvalue weighted by molar-refractivity contribution is 6.39. The standard InChI is InChI=1S/C29H26ClN3O5/c1-16-8-10-21(12-18(16)3)33-28(36)22(27(35)32-29(33)37)13-20-9-11-25(23(30)14-20)38-15-26(34)31-24-7-5-6-17(2)19(24)4/h5-14H,15H2,1-4H3,(H,31,34)(H,32,35,37)/b22-13-. The average molecular weight is 532 g/mol. The first-order valence-electron chi connectivity index (χ1n) is 11.8. The van der Waals surface area contributed by atoms with Crippen LogP contribution in [0.1, 0.15) is 27.8 Å². The zero-order valence-electron chi connectivity index (χ0n) is 21.3. The van der Waals surface area contributed by atoms with Crippen LogP contribution in [-0.4, -0.2) is 30.4 Å². The summed E-state index contributed by atoms with van der Waals surface area (Å²) in [6.45, 7) is 7.40. The molecule has 8 nitrogen and oxygen atoms in total. The number of anilines is 2. The molecule has 1 heterocycles. The first-order chi connectivity index (χ1) is 18.0. The van der Waals surface area contributed by atoms with Gasteiger partial charge in [-0.2, -0.15) is 0 Å². The van der Waals surface area contributed by atoms with Gasteiger partial charge in [-0.05, 0) is 91.9 Å². The van der Waals surface area contributed by atoms with Gasteiger partial charge in [0.1, 0.15) is 11.3 Å². The SMILES string of the molecule is Cc1ccc(N2C(=O)NC(=O)/C(=C/c3ccc(OCC(=O)Nc4cccc(C)c4C)c(Cl)c3)C2=O)cc1C.